The standard InChI is InChI=1S/C38H54N4O4/c1-23(2)13-27-21-41-11-9-25-15-35(43-5)37(45-7)17-29(25)33(41)19-31(27)39-40-32-20-34-30-18-38(46-8)36(44-6)16-26(30)10-12-42(34)22-28(32)14-24(3)4/h15-18,23-24,27-28,33-34H,9-14,19-22H2,1-8H3/b39-31+,40-32+/t27-,28-,33+,34+/m1/s1. The van der Waals surface area contributed by atoms with Crippen LogP contribution in [0.2, 0.25) is 0 Å². The Bertz CT molecular complexity index is 1360. The lowest BCUT2D eigenvalue weighted by atomic mass is 9.79. The molecule has 0 spiro atoms. The normalized spacial score (nSPS) is 26.5. The maximum atomic E-state index is 5.73. The van der Waals surface area contributed by atoms with Gasteiger partial charge < -0.3 is 18.9 Å². The highest BCUT2D eigenvalue weighted by atomic mass is 16.5. The molecule has 250 valence electrons. The van der Waals surface area contributed by atoms with Crippen molar-refractivity contribution in [1.82, 2.24) is 9.80 Å². The first-order valence-corrected chi connectivity index (χ1v) is 17.3. The second kappa shape index (κ2) is 13.9. The molecule has 0 saturated carbocycles. The van der Waals surface area contributed by atoms with Crippen LogP contribution in [-0.4, -0.2) is 75.8 Å². The van der Waals surface area contributed by atoms with Gasteiger partial charge in [-0.1, -0.05) is 27.7 Å². The molecular formula is C38H54N4O4. The van der Waals surface area contributed by atoms with Gasteiger partial charge in [0.1, 0.15) is 0 Å². The zero-order valence-electron chi connectivity index (χ0n) is 29.3. The van der Waals surface area contributed by atoms with E-state index in [4.69, 9.17) is 29.2 Å². The molecule has 4 aliphatic rings. The largest absolute Gasteiger partial charge is 0.493 e. The number of benzene rings is 2. The third kappa shape index (κ3) is 6.52. The van der Waals surface area contributed by atoms with Crippen molar-refractivity contribution in [3.05, 3.63) is 46.5 Å². The van der Waals surface area contributed by atoms with Crippen LogP contribution < -0.4 is 18.9 Å². The second-order valence-corrected chi connectivity index (χ2v) is 14.6. The number of nitrogens with zero attached hydrogens (tertiary/aromatic N) is 4. The molecule has 2 saturated heterocycles. The van der Waals surface area contributed by atoms with Crippen LogP contribution in [0.4, 0.5) is 0 Å². The second-order valence-electron chi connectivity index (χ2n) is 14.6. The van der Waals surface area contributed by atoms with Gasteiger partial charge in [0.05, 0.1) is 28.4 Å². The third-order valence-corrected chi connectivity index (χ3v) is 10.7. The van der Waals surface area contributed by atoms with Gasteiger partial charge in [-0.3, -0.25) is 9.80 Å². The predicted octanol–water partition coefficient (Wildman–Crippen LogP) is 7.15. The first-order valence-electron chi connectivity index (χ1n) is 17.3. The van der Waals surface area contributed by atoms with Gasteiger partial charge in [0, 0.05) is 74.4 Å². The topological polar surface area (TPSA) is 68.1 Å². The number of hydrogen-bond donors (Lipinski definition) is 0. The summed E-state index contributed by atoms with van der Waals surface area (Å²) in [5, 5.41) is 10.5. The summed E-state index contributed by atoms with van der Waals surface area (Å²) in [4.78, 5) is 5.35. The van der Waals surface area contributed by atoms with Gasteiger partial charge in [-0.2, -0.15) is 10.2 Å². The zero-order chi connectivity index (χ0) is 32.5. The van der Waals surface area contributed by atoms with E-state index in [-0.39, 0.29) is 12.1 Å². The van der Waals surface area contributed by atoms with Crippen molar-refractivity contribution in [2.24, 2.45) is 33.9 Å². The summed E-state index contributed by atoms with van der Waals surface area (Å²) >= 11 is 0. The van der Waals surface area contributed by atoms with Crippen LogP contribution in [0.5, 0.6) is 23.0 Å². The third-order valence-electron chi connectivity index (χ3n) is 10.7. The van der Waals surface area contributed by atoms with Crippen molar-refractivity contribution in [3.63, 3.8) is 0 Å². The molecule has 0 radical (unpaired) electrons. The van der Waals surface area contributed by atoms with Crippen molar-refractivity contribution in [2.75, 3.05) is 54.6 Å². The average molecular weight is 631 g/mol. The Hall–Kier alpha value is -3.10. The molecule has 2 aromatic rings. The van der Waals surface area contributed by atoms with Crippen molar-refractivity contribution in [2.45, 2.75) is 78.3 Å². The monoisotopic (exact) mass is 630 g/mol. The summed E-state index contributed by atoms with van der Waals surface area (Å²) in [6.45, 7) is 13.5. The molecule has 2 aromatic carbocycles. The van der Waals surface area contributed by atoms with E-state index in [0.717, 1.165) is 87.7 Å². The molecule has 8 nitrogen and oxygen atoms in total. The van der Waals surface area contributed by atoms with Gasteiger partial charge in [0.15, 0.2) is 23.0 Å². The summed E-state index contributed by atoms with van der Waals surface area (Å²) in [5.41, 5.74) is 7.93. The smallest absolute Gasteiger partial charge is 0.161 e. The lowest BCUT2D eigenvalue weighted by molar-refractivity contribution is 0.146. The first kappa shape index (κ1) is 32.8. The van der Waals surface area contributed by atoms with E-state index in [1.807, 2.05) is 0 Å². The van der Waals surface area contributed by atoms with Crippen molar-refractivity contribution >= 4 is 11.4 Å². The van der Waals surface area contributed by atoms with Crippen LogP contribution in [0.1, 0.15) is 87.7 Å². The molecule has 0 bridgehead atoms. The zero-order valence-corrected chi connectivity index (χ0v) is 29.3. The van der Waals surface area contributed by atoms with Crippen molar-refractivity contribution < 1.29 is 18.9 Å². The van der Waals surface area contributed by atoms with Crippen LogP contribution >= 0.6 is 0 Å². The molecule has 0 aliphatic carbocycles. The molecule has 8 heteroatoms. The molecule has 4 atom stereocenters. The van der Waals surface area contributed by atoms with Crippen molar-refractivity contribution in [1.29, 1.82) is 0 Å². The Labute approximate surface area is 276 Å². The van der Waals surface area contributed by atoms with E-state index in [1.165, 1.54) is 33.7 Å². The van der Waals surface area contributed by atoms with Crippen LogP contribution in [0.25, 0.3) is 0 Å². The maximum absolute atomic E-state index is 5.73. The average Bonchev–Trinajstić information content (AvgIpc) is 3.05. The molecule has 4 aliphatic heterocycles. The quantitative estimate of drug-likeness (QED) is 0.274. The minimum Gasteiger partial charge on any atom is -0.493 e. The number of hydrogen-bond acceptors (Lipinski definition) is 8. The van der Waals surface area contributed by atoms with E-state index in [0.29, 0.717) is 23.7 Å². The van der Waals surface area contributed by atoms with Crippen LogP contribution in [0.3, 0.4) is 0 Å². The van der Waals surface area contributed by atoms with E-state index >= 15 is 0 Å². The van der Waals surface area contributed by atoms with Gasteiger partial charge in [-0.15, -0.1) is 0 Å². The minimum absolute atomic E-state index is 0.284. The molecule has 46 heavy (non-hydrogen) atoms. The summed E-state index contributed by atoms with van der Waals surface area (Å²) in [6.07, 6.45) is 6.13. The van der Waals surface area contributed by atoms with Gasteiger partial charge in [-0.05, 0) is 84.0 Å². The maximum Gasteiger partial charge on any atom is 0.161 e. The van der Waals surface area contributed by atoms with E-state index < -0.39 is 0 Å². The summed E-state index contributed by atoms with van der Waals surface area (Å²) in [5.74, 6) is 5.26. The fourth-order valence-electron chi connectivity index (χ4n) is 8.51. The van der Waals surface area contributed by atoms with Crippen LogP contribution in [-0.2, 0) is 12.8 Å². The highest BCUT2D eigenvalue weighted by molar-refractivity contribution is 5.92. The Kier molecular flexibility index (Phi) is 9.95. The Morgan fingerprint density at radius 1 is 0.609 bits per heavy atom. The highest BCUT2D eigenvalue weighted by Gasteiger charge is 2.40. The molecule has 0 amide bonds. The van der Waals surface area contributed by atoms with Gasteiger partial charge in [0.2, 0.25) is 0 Å². The summed E-state index contributed by atoms with van der Waals surface area (Å²) in [6, 6.07) is 9.34. The summed E-state index contributed by atoms with van der Waals surface area (Å²) in [7, 11) is 6.89. The van der Waals surface area contributed by atoms with E-state index in [1.54, 1.807) is 28.4 Å². The number of fused-ring (bicyclic) bond motifs is 6. The van der Waals surface area contributed by atoms with Crippen LogP contribution in [0.15, 0.2) is 34.5 Å². The van der Waals surface area contributed by atoms with E-state index in [2.05, 4.69) is 61.8 Å². The fraction of sp³-hybridized carbons (Fsp3) is 0.632. The fourth-order valence-corrected chi connectivity index (χ4v) is 8.51. The Morgan fingerprint density at radius 3 is 1.33 bits per heavy atom. The molecule has 0 unspecified atom stereocenters. The predicted molar refractivity (Wildman–Crippen MR) is 185 cm³/mol. The number of piperidine rings is 2. The lowest BCUT2D eigenvalue weighted by Crippen LogP contribution is -2.47. The Morgan fingerprint density at radius 2 is 0.978 bits per heavy atom. The highest BCUT2D eigenvalue weighted by Crippen LogP contribution is 2.45. The van der Waals surface area contributed by atoms with E-state index in [9.17, 15) is 0 Å². The van der Waals surface area contributed by atoms with Gasteiger partial charge >= 0.3 is 0 Å². The van der Waals surface area contributed by atoms with Crippen molar-refractivity contribution in [3.8, 4) is 23.0 Å². The lowest BCUT2D eigenvalue weighted by Gasteiger charge is -2.45. The molecule has 0 N–H and O–H groups in total. The molecule has 0 aromatic heterocycles. The number of methoxy groups -OCH3 is 4. The van der Waals surface area contributed by atoms with Gasteiger partial charge in [-0.25, -0.2) is 0 Å². The Balaban J connectivity index is 1.35. The number of rotatable bonds is 9. The first-order chi connectivity index (χ1) is 22.2. The summed E-state index contributed by atoms with van der Waals surface area (Å²) < 4.78 is 22.8. The minimum atomic E-state index is 0.284. The molecular weight excluding hydrogens is 576 g/mol. The molecule has 6 rings (SSSR count). The number of ether oxygens (including phenoxy) is 4. The SMILES string of the molecule is COc1cc2c(cc1OC)[C@@H]1C/C(=N\N=C3/C[C@H]4c5cc(OC)c(OC)cc5CCN4C[C@H]3CC(C)C)[C@H](CC(C)C)CN1CC2. The molecule has 2 fully saturated rings. The van der Waals surface area contributed by atoms with Gasteiger partial charge in [0.25, 0.3) is 0 Å². The molecule has 4 heterocycles. The van der Waals surface area contributed by atoms with Crippen LogP contribution in [0, 0.1) is 23.7 Å².